The second-order valence-corrected chi connectivity index (χ2v) is 8.20. The van der Waals surface area contributed by atoms with Crippen LogP contribution in [0.2, 0.25) is 0 Å². The minimum absolute atomic E-state index is 0.0358. The average molecular weight is 319 g/mol. The molecule has 0 amide bonds. The molecule has 6 heteroatoms. The second-order valence-electron chi connectivity index (χ2n) is 5.12. The summed E-state index contributed by atoms with van der Waals surface area (Å²) in [6.45, 7) is 6.49. The molecule has 116 valence electrons. The Morgan fingerprint density at radius 1 is 1.30 bits per heavy atom. The molecule has 0 aliphatic carbocycles. The van der Waals surface area contributed by atoms with Gasteiger partial charge in [0.05, 0.1) is 0 Å². The Kier molecular flexibility index (Phi) is 7.15. The summed E-state index contributed by atoms with van der Waals surface area (Å²) in [7, 11) is -3.41. The van der Waals surface area contributed by atoms with E-state index in [0.717, 1.165) is 42.5 Å². The molecule has 0 fully saturated rings. The Morgan fingerprint density at radius 3 is 2.50 bits per heavy atom. The van der Waals surface area contributed by atoms with E-state index in [1.54, 1.807) is 6.07 Å². The predicted molar refractivity (Wildman–Crippen MR) is 85.5 cm³/mol. The lowest BCUT2D eigenvalue weighted by molar-refractivity contribution is 0.484. The van der Waals surface area contributed by atoms with Crippen LogP contribution in [0.25, 0.3) is 0 Å². The van der Waals surface area contributed by atoms with Crippen molar-refractivity contribution >= 4 is 21.4 Å². The van der Waals surface area contributed by atoms with Gasteiger partial charge in [-0.25, -0.2) is 13.1 Å². The molecular formula is C14H26N2O2S2. The van der Waals surface area contributed by atoms with Crippen molar-refractivity contribution in [3.63, 3.8) is 0 Å². The number of unbranched alkanes of at least 4 members (excludes halogenated alkanes) is 1. The SMILES string of the molecule is CCCCC(CCC)NS(=O)(=O)c1cc(C)c(CN)s1. The molecule has 1 rings (SSSR count). The molecule has 0 aliphatic heterocycles. The van der Waals surface area contributed by atoms with E-state index in [-0.39, 0.29) is 6.04 Å². The quantitative estimate of drug-likeness (QED) is 0.734. The van der Waals surface area contributed by atoms with Crippen LogP contribution in [-0.4, -0.2) is 14.5 Å². The van der Waals surface area contributed by atoms with Crippen LogP contribution in [0, 0.1) is 6.92 Å². The molecule has 0 aromatic carbocycles. The number of nitrogens with one attached hydrogen (secondary N) is 1. The van der Waals surface area contributed by atoms with Gasteiger partial charge in [-0.1, -0.05) is 33.1 Å². The summed E-state index contributed by atoms with van der Waals surface area (Å²) < 4.78 is 28.1. The minimum atomic E-state index is -3.41. The number of nitrogens with two attached hydrogens (primary N) is 1. The third-order valence-corrected chi connectivity index (χ3v) is 6.57. The van der Waals surface area contributed by atoms with Crippen LogP contribution in [0.3, 0.4) is 0 Å². The highest BCUT2D eigenvalue weighted by molar-refractivity contribution is 7.91. The number of aryl methyl sites for hydroxylation is 1. The predicted octanol–water partition coefficient (Wildman–Crippen LogP) is 3.15. The van der Waals surface area contributed by atoms with Crippen molar-refractivity contribution in [3.8, 4) is 0 Å². The van der Waals surface area contributed by atoms with E-state index in [2.05, 4.69) is 18.6 Å². The summed E-state index contributed by atoms with van der Waals surface area (Å²) in [5, 5.41) is 0. The zero-order valence-electron chi connectivity index (χ0n) is 12.6. The van der Waals surface area contributed by atoms with Crippen molar-refractivity contribution in [3.05, 3.63) is 16.5 Å². The number of thiophene rings is 1. The molecule has 1 unspecified atom stereocenters. The van der Waals surface area contributed by atoms with E-state index < -0.39 is 10.0 Å². The van der Waals surface area contributed by atoms with Crippen molar-refractivity contribution in [2.24, 2.45) is 5.73 Å². The average Bonchev–Trinajstić information content (AvgIpc) is 2.78. The van der Waals surface area contributed by atoms with Crippen molar-refractivity contribution in [2.45, 2.75) is 69.7 Å². The van der Waals surface area contributed by atoms with Crippen molar-refractivity contribution in [1.29, 1.82) is 0 Å². The normalized spacial score (nSPS) is 13.6. The summed E-state index contributed by atoms with van der Waals surface area (Å²) in [4.78, 5) is 0.936. The Bertz CT molecular complexity index is 509. The molecule has 3 N–H and O–H groups in total. The molecule has 4 nitrogen and oxygen atoms in total. The van der Waals surface area contributed by atoms with E-state index in [4.69, 9.17) is 5.73 Å². The molecule has 0 radical (unpaired) electrons. The van der Waals surface area contributed by atoms with Crippen molar-refractivity contribution in [2.75, 3.05) is 0 Å². The Hall–Kier alpha value is -0.430. The van der Waals surface area contributed by atoms with Crippen molar-refractivity contribution < 1.29 is 8.42 Å². The van der Waals surface area contributed by atoms with E-state index in [1.807, 2.05) is 6.92 Å². The van der Waals surface area contributed by atoms with Gasteiger partial charge in [-0.05, 0) is 31.4 Å². The number of rotatable bonds is 9. The van der Waals surface area contributed by atoms with Gasteiger partial charge in [0.25, 0.3) is 0 Å². The Labute approximate surface area is 126 Å². The molecule has 0 aliphatic rings. The summed E-state index contributed by atoms with van der Waals surface area (Å²) in [6, 6.07) is 1.76. The molecule has 1 atom stereocenters. The first kappa shape index (κ1) is 17.6. The van der Waals surface area contributed by atoms with Gasteiger partial charge in [0.15, 0.2) is 0 Å². The van der Waals surface area contributed by atoms with E-state index in [9.17, 15) is 8.42 Å². The van der Waals surface area contributed by atoms with Gasteiger partial charge in [0.2, 0.25) is 10.0 Å². The lowest BCUT2D eigenvalue weighted by Crippen LogP contribution is -2.34. The summed E-state index contributed by atoms with van der Waals surface area (Å²) in [5.74, 6) is 0. The lowest BCUT2D eigenvalue weighted by atomic mass is 10.1. The van der Waals surface area contributed by atoms with Gasteiger partial charge >= 0.3 is 0 Å². The fourth-order valence-electron chi connectivity index (χ4n) is 2.16. The Balaban J connectivity index is 2.85. The first-order valence-electron chi connectivity index (χ1n) is 7.26. The van der Waals surface area contributed by atoms with Gasteiger partial charge < -0.3 is 5.73 Å². The maximum atomic E-state index is 12.4. The maximum Gasteiger partial charge on any atom is 0.250 e. The molecule has 1 aromatic heterocycles. The Morgan fingerprint density at radius 2 is 2.00 bits per heavy atom. The zero-order valence-corrected chi connectivity index (χ0v) is 14.2. The third-order valence-electron chi connectivity index (χ3n) is 3.31. The van der Waals surface area contributed by atoms with Crippen LogP contribution in [-0.2, 0) is 16.6 Å². The van der Waals surface area contributed by atoms with Gasteiger partial charge in [-0.15, -0.1) is 11.3 Å². The standard InChI is InChI=1S/C14H26N2O2S2/c1-4-6-8-12(7-5-2)16-20(17,18)14-9-11(3)13(10-15)19-14/h9,12,16H,4-8,10,15H2,1-3H3. The largest absolute Gasteiger partial charge is 0.326 e. The molecular weight excluding hydrogens is 292 g/mol. The van der Waals surface area contributed by atoms with Crippen LogP contribution in [0.5, 0.6) is 0 Å². The van der Waals surface area contributed by atoms with Gasteiger partial charge in [-0.3, -0.25) is 0 Å². The van der Waals surface area contributed by atoms with Gasteiger partial charge in [0.1, 0.15) is 4.21 Å². The van der Waals surface area contributed by atoms with E-state index in [0.29, 0.717) is 10.8 Å². The third kappa shape index (κ3) is 4.84. The van der Waals surface area contributed by atoms with E-state index in [1.165, 1.54) is 11.3 Å². The monoisotopic (exact) mass is 318 g/mol. The molecule has 0 saturated heterocycles. The first-order chi connectivity index (χ1) is 9.44. The van der Waals surface area contributed by atoms with Gasteiger partial charge in [0, 0.05) is 17.5 Å². The molecule has 1 aromatic rings. The second kappa shape index (κ2) is 8.12. The molecule has 1 heterocycles. The summed E-state index contributed by atoms with van der Waals surface area (Å²) in [5.41, 5.74) is 6.57. The van der Waals surface area contributed by atoms with Crippen LogP contribution in [0.1, 0.15) is 56.4 Å². The smallest absolute Gasteiger partial charge is 0.250 e. The van der Waals surface area contributed by atoms with Gasteiger partial charge in [-0.2, -0.15) is 0 Å². The molecule has 0 saturated carbocycles. The zero-order chi connectivity index (χ0) is 15.2. The summed E-state index contributed by atoms with van der Waals surface area (Å²) >= 11 is 1.27. The number of hydrogen-bond donors (Lipinski definition) is 2. The minimum Gasteiger partial charge on any atom is -0.326 e. The number of hydrogen-bond acceptors (Lipinski definition) is 4. The van der Waals surface area contributed by atoms with Crippen LogP contribution in [0.4, 0.5) is 0 Å². The fourth-order valence-corrected chi connectivity index (χ4v) is 4.95. The number of sulfonamides is 1. The highest BCUT2D eigenvalue weighted by atomic mass is 32.2. The molecule has 20 heavy (non-hydrogen) atoms. The lowest BCUT2D eigenvalue weighted by Gasteiger charge is -2.17. The highest BCUT2D eigenvalue weighted by Gasteiger charge is 2.22. The van der Waals surface area contributed by atoms with Crippen LogP contribution in [0.15, 0.2) is 10.3 Å². The molecule has 0 bridgehead atoms. The summed E-state index contributed by atoms with van der Waals surface area (Å²) in [6.07, 6.45) is 4.89. The molecule has 0 spiro atoms. The topological polar surface area (TPSA) is 72.2 Å². The maximum absolute atomic E-state index is 12.4. The van der Waals surface area contributed by atoms with Crippen LogP contribution >= 0.6 is 11.3 Å². The van der Waals surface area contributed by atoms with Crippen LogP contribution < -0.4 is 10.5 Å². The fraction of sp³-hybridized carbons (Fsp3) is 0.714. The first-order valence-corrected chi connectivity index (χ1v) is 9.56. The van der Waals surface area contributed by atoms with Crippen molar-refractivity contribution in [1.82, 2.24) is 4.72 Å². The van der Waals surface area contributed by atoms with E-state index >= 15 is 0 Å². The highest BCUT2D eigenvalue weighted by Crippen LogP contribution is 2.26.